The third kappa shape index (κ3) is 4.39. The highest BCUT2D eigenvalue weighted by atomic mass is 16.6. The molecule has 2 rings (SSSR count). The first kappa shape index (κ1) is 15.7. The zero-order chi connectivity index (χ0) is 15.4. The van der Waals surface area contributed by atoms with E-state index in [4.69, 9.17) is 0 Å². The molecule has 114 valence electrons. The van der Waals surface area contributed by atoms with E-state index in [1.165, 1.54) is 18.4 Å². The van der Waals surface area contributed by atoms with Crippen LogP contribution in [-0.4, -0.2) is 17.5 Å². The number of nitrogens with one attached hydrogen (secondary N) is 1. The van der Waals surface area contributed by atoms with Crippen molar-refractivity contribution in [1.29, 1.82) is 0 Å². The summed E-state index contributed by atoms with van der Waals surface area (Å²) in [7, 11) is 0. The van der Waals surface area contributed by atoms with Gasteiger partial charge in [-0.05, 0) is 30.7 Å². The van der Waals surface area contributed by atoms with Crippen LogP contribution in [0.5, 0.6) is 0 Å². The number of rotatable bonds is 7. The van der Waals surface area contributed by atoms with E-state index >= 15 is 0 Å². The molecule has 0 aliphatic heterocycles. The summed E-state index contributed by atoms with van der Waals surface area (Å²) in [5.74, 6) is 0.158. The van der Waals surface area contributed by atoms with Crippen LogP contribution in [-0.2, 0) is 0 Å². The molecule has 1 aromatic carbocycles. The average molecular weight is 288 g/mol. The number of hydrogen-bond acceptors (Lipinski definition) is 3. The lowest BCUT2D eigenvalue weighted by Crippen LogP contribution is -2.18. The van der Waals surface area contributed by atoms with Gasteiger partial charge in [0, 0.05) is 24.2 Å². The molecular formula is C17H24N2O2. The van der Waals surface area contributed by atoms with Crippen molar-refractivity contribution in [2.24, 2.45) is 0 Å². The van der Waals surface area contributed by atoms with Crippen molar-refractivity contribution in [3.63, 3.8) is 0 Å². The fourth-order valence-corrected chi connectivity index (χ4v) is 2.37. The number of nitrogens with zero attached hydrogens (tertiary/aromatic N) is 1. The van der Waals surface area contributed by atoms with E-state index in [2.05, 4.69) is 18.3 Å². The molecule has 0 radical (unpaired) electrons. The van der Waals surface area contributed by atoms with Crippen LogP contribution >= 0.6 is 0 Å². The fourth-order valence-electron chi connectivity index (χ4n) is 2.37. The van der Waals surface area contributed by atoms with E-state index in [1.807, 2.05) is 26.0 Å². The van der Waals surface area contributed by atoms with Crippen LogP contribution in [0.1, 0.15) is 57.1 Å². The monoisotopic (exact) mass is 288 g/mol. The van der Waals surface area contributed by atoms with E-state index in [0.717, 1.165) is 24.1 Å². The van der Waals surface area contributed by atoms with Crippen LogP contribution in [0.3, 0.4) is 0 Å². The van der Waals surface area contributed by atoms with E-state index < -0.39 is 0 Å². The Bertz CT molecular complexity index is 546. The van der Waals surface area contributed by atoms with Gasteiger partial charge in [0.05, 0.1) is 4.92 Å². The van der Waals surface area contributed by atoms with Crippen molar-refractivity contribution >= 4 is 11.8 Å². The second-order valence-electron chi connectivity index (χ2n) is 6.04. The number of nitro groups is 1. The van der Waals surface area contributed by atoms with Gasteiger partial charge in [0.2, 0.25) is 0 Å². The second kappa shape index (κ2) is 6.85. The van der Waals surface area contributed by atoms with Crippen molar-refractivity contribution in [2.75, 3.05) is 6.54 Å². The Balaban J connectivity index is 2.21. The number of hydrogen-bond donors (Lipinski definition) is 1. The standard InChI is InChI=1S/C17H24N2O2/c1-4-13(11-18-15-6-7-15)9-14-5-8-16(12(2)3)17(10-14)19(20)21/h5,8-10,12,15,18H,4,6-7,11H2,1-3H3. The molecule has 1 fully saturated rings. The zero-order valence-electron chi connectivity index (χ0n) is 13.1. The van der Waals surface area contributed by atoms with Crippen LogP contribution < -0.4 is 5.32 Å². The summed E-state index contributed by atoms with van der Waals surface area (Å²) in [6, 6.07) is 6.24. The summed E-state index contributed by atoms with van der Waals surface area (Å²) in [5, 5.41) is 14.7. The number of benzene rings is 1. The Kier molecular flexibility index (Phi) is 5.12. The molecule has 1 aliphatic carbocycles. The molecule has 1 saturated carbocycles. The first-order valence-corrected chi connectivity index (χ1v) is 7.72. The molecule has 0 aromatic heterocycles. The minimum atomic E-state index is -0.277. The zero-order valence-corrected chi connectivity index (χ0v) is 13.1. The summed E-state index contributed by atoms with van der Waals surface area (Å²) in [6.07, 6.45) is 5.57. The second-order valence-corrected chi connectivity index (χ2v) is 6.04. The fraction of sp³-hybridized carbons (Fsp3) is 0.529. The maximum absolute atomic E-state index is 11.2. The van der Waals surface area contributed by atoms with E-state index in [0.29, 0.717) is 6.04 Å². The van der Waals surface area contributed by atoms with Crippen molar-refractivity contribution in [2.45, 2.75) is 52.0 Å². The van der Waals surface area contributed by atoms with Gasteiger partial charge in [-0.3, -0.25) is 10.1 Å². The van der Waals surface area contributed by atoms with Gasteiger partial charge in [-0.2, -0.15) is 0 Å². The largest absolute Gasteiger partial charge is 0.310 e. The third-order valence-electron chi connectivity index (χ3n) is 3.89. The molecule has 4 nitrogen and oxygen atoms in total. The van der Waals surface area contributed by atoms with Crippen LogP contribution in [0.4, 0.5) is 5.69 Å². The quantitative estimate of drug-likeness (QED) is 0.602. The topological polar surface area (TPSA) is 55.2 Å². The highest BCUT2D eigenvalue weighted by molar-refractivity contribution is 5.59. The van der Waals surface area contributed by atoms with Gasteiger partial charge < -0.3 is 5.32 Å². The lowest BCUT2D eigenvalue weighted by molar-refractivity contribution is -0.385. The van der Waals surface area contributed by atoms with E-state index in [1.54, 1.807) is 6.07 Å². The Hall–Kier alpha value is -1.68. The molecule has 21 heavy (non-hydrogen) atoms. The highest BCUT2D eigenvalue weighted by Gasteiger charge is 2.20. The van der Waals surface area contributed by atoms with Crippen molar-refractivity contribution < 1.29 is 4.92 Å². The Morgan fingerprint density at radius 3 is 2.71 bits per heavy atom. The summed E-state index contributed by atoms with van der Waals surface area (Å²) in [4.78, 5) is 11.0. The minimum Gasteiger partial charge on any atom is -0.310 e. The molecular weight excluding hydrogens is 264 g/mol. The first-order valence-electron chi connectivity index (χ1n) is 7.72. The molecule has 0 unspecified atom stereocenters. The molecule has 1 N–H and O–H groups in total. The first-order chi connectivity index (χ1) is 10.0. The molecule has 1 aromatic rings. The third-order valence-corrected chi connectivity index (χ3v) is 3.89. The highest BCUT2D eigenvalue weighted by Crippen LogP contribution is 2.28. The smallest absolute Gasteiger partial charge is 0.273 e. The van der Waals surface area contributed by atoms with Crippen LogP contribution in [0.2, 0.25) is 0 Å². The summed E-state index contributed by atoms with van der Waals surface area (Å²) < 4.78 is 0. The van der Waals surface area contributed by atoms with Gasteiger partial charge in [-0.15, -0.1) is 0 Å². The average Bonchev–Trinajstić information content (AvgIpc) is 3.27. The van der Waals surface area contributed by atoms with E-state index in [-0.39, 0.29) is 16.5 Å². The molecule has 0 atom stereocenters. The van der Waals surface area contributed by atoms with Gasteiger partial charge in [0.1, 0.15) is 0 Å². The molecule has 0 amide bonds. The van der Waals surface area contributed by atoms with Gasteiger partial charge in [-0.25, -0.2) is 0 Å². The molecule has 0 heterocycles. The van der Waals surface area contributed by atoms with Gasteiger partial charge in [-0.1, -0.05) is 44.6 Å². The summed E-state index contributed by atoms with van der Waals surface area (Å²) in [6.45, 7) is 6.96. The SMILES string of the molecule is CCC(=Cc1ccc(C(C)C)c([N+](=O)[O-])c1)CNC1CC1. The minimum absolute atomic E-state index is 0.158. The molecule has 0 saturated heterocycles. The molecule has 0 spiro atoms. The van der Waals surface area contributed by atoms with Crippen LogP contribution in [0.15, 0.2) is 23.8 Å². The maximum atomic E-state index is 11.2. The Morgan fingerprint density at radius 2 is 2.19 bits per heavy atom. The maximum Gasteiger partial charge on any atom is 0.273 e. The van der Waals surface area contributed by atoms with Gasteiger partial charge in [0.25, 0.3) is 5.69 Å². The molecule has 4 heteroatoms. The summed E-state index contributed by atoms with van der Waals surface area (Å²) >= 11 is 0. The van der Waals surface area contributed by atoms with Crippen LogP contribution in [0, 0.1) is 10.1 Å². The van der Waals surface area contributed by atoms with Crippen LogP contribution in [0.25, 0.3) is 6.08 Å². The Morgan fingerprint density at radius 1 is 1.48 bits per heavy atom. The van der Waals surface area contributed by atoms with E-state index in [9.17, 15) is 10.1 Å². The lowest BCUT2D eigenvalue weighted by Gasteiger charge is -2.09. The predicted molar refractivity (Wildman–Crippen MR) is 86.5 cm³/mol. The van der Waals surface area contributed by atoms with Gasteiger partial charge in [0.15, 0.2) is 0 Å². The van der Waals surface area contributed by atoms with Crippen molar-refractivity contribution in [3.8, 4) is 0 Å². The van der Waals surface area contributed by atoms with Crippen molar-refractivity contribution in [3.05, 3.63) is 45.0 Å². The summed E-state index contributed by atoms with van der Waals surface area (Å²) in [5.41, 5.74) is 3.23. The number of nitro benzene ring substituents is 1. The molecule has 0 bridgehead atoms. The predicted octanol–water partition coefficient (Wildman–Crippen LogP) is 4.26. The van der Waals surface area contributed by atoms with Gasteiger partial charge >= 0.3 is 0 Å². The van der Waals surface area contributed by atoms with Crippen molar-refractivity contribution in [1.82, 2.24) is 5.32 Å². The molecule has 1 aliphatic rings. The lowest BCUT2D eigenvalue weighted by atomic mass is 9.98. The Labute approximate surface area is 126 Å². The normalized spacial score (nSPS) is 15.5.